The van der Waals surface area contributed by atoms with Gasteiger partial charge in [0.1, 0.15) is 5.82 Å². The van der Waals surface area contributed by atoms with Crippen LogP contribution in [0.2, 0.25) is 0 Å². The number of nitrogens with one attached hydrogen (secondary N) is 1. The largest absolute Gasteiger partial charge is 0.396 e. The first-order valence-corrected chi connectivity index (χ1v) is 5.59. The summed E-state index contributed by atoms with van der Waals surface area (Å²) < 4.78 is 2.16. The molecule has 1 unspecified atom stereocenters. The molecule has 0 amide bonds. The lowest BCUT2D eigenvalue weighted by Crippen LogP contribution is -2.24. The van der Waals surface area contributed by atoms with Gasteiger partial charge >= 0.3 is 0 Å². The van der Waals surface area contributed by atoms with Gasteiger partial charge in [0.05, 0.1) is 6.54 Å². The number of aliphatic hydroxyl groups excluding tert-OH is 1. The zero-order valence-electron chi connectivity index (χ0n) is 9.61. The quantitative estimate of drug-likeness (QED) is 0.707. The highest BCUT2D eigenvalue weighted by Crippen LogP contribution is 1.99. The average molecular weight is 211 g/mol. The van der Waals surface area contributed by atoms with Gasteiger partial charge in [-0.2, -0.15) is 0 Å². The van der Waals surface area contributed by atoms with Crippen LogP contribution in [0.4, 0.5) is 0 Å². The molecule has 86 valence electrons. The van der Waals surface area contributed by atoms with Gasteiger partial charge in [0.2, 0.25) is 0 Å². The lowest BCUT2D eigenvalue weighted by Gasteiger charge is -2.10. The van der Waals surface area contributed by atoms with Crippen molar-refractivity contribution in [3.05, 3.63) is 18.2 Å². The summed E-state index contributed by atoms with van der Waals surface area (Å²) in [6.45, 7) is 7.03. The van der Waals surface area contributed by atoms with Crippen LogP contribution in [-0.2, 0) is 13.1 Å². The number of nitrogens with zero attached hydrogens (tertiary/aromatic N) is 2. The Morgan fingerprint density at radius 2 is 2.40 bits per heavy atom. The van der Waals surface area contributed by atoms with Crippen molar-refractivity contribution in [3.63, 3.8) is 0 Å². The second-order valence-corrected chi connectivity index (χ2v) is 3.96. The summed E-state index contributed by atoms with van der Waals surface area (Å²) in [5.74, 6) is 1.38. The Morgan fingerprint density at radius 3 is 3.07 bits per heavy atom. The van der Waals surface area contributed by atoms with Crippen molar-refractivity contribution in [3.8, 4) is 0 Å². The molecule has 0 radical (unpaired) electrons. The van der Waals surface area contributed by atoms with E-state index in [9.17, 15) is 0 Å². The van der Waals surface area contributed by atoms with Crippen molar-refractivity contribution in [2.24, 2.45) is 5.92 Å². The summed E-state index contributed by atoms with van der Waals surface area (Å²) in [6, 6.07) is 0. The van der Waals surface area contributed by atoms with E-state index in [0.29, 0.717) is 5.92 Å². The van der Waals surface area contributed by atoms with Crippen molar-refractivity contribution >= 4 is 0 Å². The Kier molecular flexibility index (Phi) is 5.36. The fourth-order valence-electron chi connectivity index (χ4n) is 1.45. The zero-order valence-corrected chi connectivity index (χ0v) is 9.61. The molecule has 0 bridgehead atoms. The summed E-state index contributed by atoms with van der Waals surface area (Å²) in [5, 5.41) is 12.2. The van der Waals surface area contributed by atoms with Crippen LogP contribution in [-0.4, -0.2) is 27.8 Å². The molecule has 0 fully saturated rings. The number of rotatable bonds is 7. The number of hydrogen-bond acceptors (Lipinski definition) is 3. The van der Waals surface area contributed by atoms with Crippen LogP contribution >= 0.6 is 0 Å². The molecule has 0 saturated carbocycles. The fourth-order valence-corrected chi connectivity index (χ4v) is 1.45. The minimum absolute atomic E-state index is 0.233. The van der Waals surface area contributed by atoms with Crippen molar-refractivity contribution in [2.45, 2.75) is 33.4 Å². The molecule has 0 saturated heterocycles. The minimum atomic E-state index is 0.233. The number of aromatic nitrogens is 2. The van der Waals surface area contributed by atoms with Crippen molar-refractivity contribution in [2.75, 3.05) is 13.2 Å². The Labute approximate surface area is 91.3 Å². The van der Waals surface area contributed by atoms with Crippen LogP contribution in [0.25, 0.3) is 0 Å². The second kappa shape index (κ2) is 6.58. The van der Waals surface area contributed by atoms with Crippen LogP contribution in [0.1, 0.15) is 26.1 Å². The second-order valence-electron chi connectivity index (χ2n) is 3.96. The molecule has 0 aliphatic rings. The van der Waals surface area contributed by atoms with Gasteiger partial charge in [-0.05, 0) is 12.3 Å². The average Bonchev–Trinajstić information content (AvgIpc) is 2.66. The maximum absolute atomic E-state index is 8.87. The fraction of sp³-hybridized carbons (Fsp3) is 0.727. The molecule has 1 heterocycles. The van der Waals surface area contributed by atoms with Gasteiger partial charge < -0.3 is 15.0 Å². The van der Waals surface area contributed by atoms with Gasteiger partial charge in [0, 0.05) is 32.1 Å². The predicted molar refractivity (Wildman–Crippen MR) is 60.5 cm³/mol. The Balaban J connectivity index is 2.33. The van der Waals surface area contributed by atoms with E-state index in [1.54, 1.807) is 0 Å². The molecule has 4 heteroatoms. The van der Waals surface area contributed by atoms with E-state index < -0.39 is 0 Å². The monoisotopic (exact) mass is 211 g/mol. The maximum atomic E-state index is 8.87. The smallest absolute Gasteiger partial charge is 0.122 e. The van der Waals surface area contributed by atoms with E-state index in [0.717, 1.165) is 31.9 Å². The van der Waals surface area contributed by atoms with E-state index in [4.69, 9.17) is 5.11 Å². The van der Waals surface area contributed by atoms with Gasteiger partial charge in [-0.15, -0.1) is 0 Å². The number of imidazole rings is 1. The maximum Gasteiger partial charge on any atom is 0.122 e. The lowest BCUT2D eigenvalue weighted by molar-refractivity contribution is 0.233. The summed E-state index contributed by atoms with van der Waals surface area (Å²) >= 11 is 0. The Bertz CT molecular complexity index is 273. The standard InChI is InChI=1S/C11H21N3O/c1-3-5-14-6-4-13-11(14)8-12-7-10(2)9-15/h4,6,10,12,15H,3,5,7-9H2,1-2H3. The molecule has 0 aliphatic heterocycles. The van der Waals surface area contributed by atoms with Crippen molar-refractivity contribution < 1.29 is 5.11 Å². The molecule has 1 aromatic rings. The van der Waals surface area contributed by atoms with Gasteiger partial charge in [0.25, 0.3) is 0 Å². The molecular weight excluding hydrogens is 190 g/mol. The van der Waals surface area contributed by atoms with Gasteiger partial charge in [-0.3, -0.25) is 0 Å². The van der Waals surface area contributed by atoms with Crippen molar-refractivity contribution in [1.29, 1.82) is 0 Å². The third-order valence-electron chi connectivity index (χ3n) is 2.35. The lowest BCUT2D eigenvalue weighted by atomic mass is 10.2. The zero-order chi connectivity index (χ0) is 11.1. The molecule has 1 aromatic heterocycles. The summed E-state index contributed by atoms with van der Waals surface area (Å²) in [7, 11) is 0. The summed E-state index contributed by atoms with van der Waals surface area (Å²) in [4.78, 5) is 4.30. The predicted octanol–water partition coefficient (Wildman–Crippen LogP) is 1.01. The first kappa shape index (κ1) is 12.2. The highest BCUT2D eigenvalue weighted by atomic mass is 16.3. The molecule has 0 aliphatic carbocycles. The normalized spacial score (nSPS) is 13.0. The van der Waals surface area contributed by atoms with E-state index >= 15 is 0 Å². The van der Waals surface area contributed by atoms with Crippen LogP contribution in [0.5, 0.6) is 0 Å². The summed E-state index contributed by atoms with van der Waals surface area (Å²) in [5.41, 5.74) is 0. The highest BCUT2D eigenvalue weighted by molar-refractivity contribution is 4.91. The summed E-state index contributed by atoms with van der Waals surface area (Å²) in [6.07, 6.45) is 4.97. The molecule has 2 N–H and O–H groups in total. The van der Waals surface area contributed by atoms with Crippen LogP contribution in [0.3, 0.4) is 0 Å². The topological polar surface area (TPSA) is 50.1 Å². The SMILES string of the molecule is CCCn1ccnc1CNCC(C)CO. The highest BCUT2D eigenvalue weighted by Gasteiger charge is 2.03. The van der Waals surface area contributed by atoms with E-state index in [-0.39, 0.29) is 6.61 Å². The molecule has 1 rings (SSSR count). The van der Waals surface area contributed by atoms with E-state index in [1.807, 2.05) is 19.3 Å². The van der Waals surface area contributed by atoms with E-state index in [2.05, 4.69) is 21.8 Å². The number of hydrogen-bond donors (Lipinski definition) is 2. The molecule has 1 atom stereocenters. The minimum Gasteiger partial charge on any atom is -0.396 e. The number of aliphatic hydroxyl groups is 1. The van der Waals surface area contributed by atoms with Crippen molar-refractivity contribution in [1.82, 2.24) is 14.9 Å². The molecule has 0 spiro atoms. The molecule has 0 aromatic carbocycles. The third kappa shape index (κ3) is 4.01. The van der Waals surface area contributed by atoms with Gasteiger partial charge in [-0.25, -0.2) is 4.98 Å². The third-order valence-corrected chi connectivity index (χ3v) is 2.35. The molecule has 4 nitrogen and oxygen atoms in total. The number of aryl methyl sites for hydroxylation is 1. The van der Waals surface area contributed by atoms with Crippen LogP contribution in [0.15, 0.2) is 12.4 Å². The first-order chi connectivity index (χ1) is 7.27. The van der Waals surface area contributed by atoms with E-state index in [1.165, 1.54) is 0 Å². The Hall–Kier alpha value is -0.870. The van der Waals surface area contributed by atoms with Gasteiger partial charge in [-0.1, -0.05) is 13.8 Å². The van der Waals surface area contributed by atoms with Gasteiger partial charge in [0.15, 0.2) is 0 Å². The Morgan fingerprint density at radius 1 is 1.60 bits per heavy atom. The van der Waals surface area contributed by atoms with Crippen LogP contribution < -0.4 is 5.32 Å². The first-order valence-electron chi connectivity index (χ1n) is 5.59. The molecule has 15 heavy (non-hydrogen) atoms. The molecular formula is C11H21N3O. The van der Waals surface area contributed by atoms with Crippen LogP contribution in [0, 0.1) is 5.92 Å².